The van der Waals surface area contributed by atoms with Gasteiger partial charge in [0.05, 0.1) is 16.9 Å². The second-order valence-corrected chi connectivity index (χ2v) is 6.69. The number of hydrogen-bond donors (Lipinski definition) is 0. The molecule has 3 aromatic rings. The van der Waals surface area contributed by atoms with Crippen LogP contribution in [0.5, 0.6) is 0 Å². The molecule has 1 aromatic carbocycles. The molecule has 0 atom stereocenters. The molecular weight excluding hydrogens is 340 g/mol. The van der Waals surface area contributed by atoms with Crippen molar-refractivity contribution in [3.05, 3.63) is 72.1 Å². The highest BCUT2D eigenvalue weighted by molar-refractivity contribution is 5.97. The Balaban J connectivity index is 1.43. The van der Waals surface area contributed by atoms with E-state index in [0.717, 1.165) is 31.0 Å². The lowest BCUT2D eigenvalue weighted by Crippen LogP contribution is -2.48. The molecule has 0 saturated carbocycles. The van der Waals surface area contributed by atoms with Crippen LogP contribution in [-0.4, -0.2) is 61.6 Å². The molecule has 0 radical (unpaired) electrons. The lowest BCUT2D eigenvalue weighted by molar-refractivity contribution is 0.0626. The number of carbonyl (C=O) groups is 1. The van der Waals surface area contributed by atoms with E-state index in [1.54, 1.807) is 11.0 Å². The molecule has 3 heterocycles. The van der Waals surface area contributed by atoms with E-state index < -0.39 is 0 Å². The van der Waals surface area contributed by atoms with Crippen molar-refractivity contribution in [3.63, 3.8) is 0 Å². The Morgan fingerprint density at radius 3 is 2.63 bits per heavy atom. The van der Waals surface area contributed by atoms with Gasteiger partial charge in [-0.3, -0.25) is 14.7 Å². The minimum Gasteiger partial charge on any atom is -0.336 e. The molecule has 0 unspecified atom stereocenters. The van der Waals surface area contributed by atoms with Crippen LogP contribution in [0.25, 0.3) is 5.69 Å². The van der Waals surface area contributed by atoms with Crippen LogP contribution in [-0.2, 0) is 6.54 Å². The van der Waals surface area contributed by atoms with E-state index in [-0.39, 0.29) is 5.91 Å². The monoisotopic (exact) mass is 362 g/mol. The van der Waals surface area contributed by atoms with E-state index in [1.165, 1.54) is 11.9 Å². The number of pyridine rings is 1. The highest BCUT2D eigenvalue weighted by atomic mass is 16.2. The third-order valence-corrected chi connectivity index (χ3v) is 4.95. The zero-order valence-corrected chi connectivity index (χ0v) is 15.3. The van der Waals surface area contributed by atoms with Crippen LogP contribution in [0.3, 0.4) is 0 Å². The molecule has 4 rings (SSSR count). The largest absolute Gasteiger partial charge is 0.336 e. The summed E-state index contributed by atoms with van der Waals surface area (Å²) in [5.74, 6) is 0.0368. The smallest absolute Gasteiger partial charge is 0.256 e. The van der Waals surface area contributed by atoms with Crippen molar-refractivity contribution in [2.75, 3.05) is 26.2 Å². The fourth-order valence-electron chi connectivity index (χ4n) is 3.36. The van der Waals surface area contributed by atoms with Gasteiger partial charge < -0.3 is 4.90 Å². The highest BCUT2D eigenvalue weighted by Gasteiger charge is 2.24. The first kappa shape index (κ1) is 17.4. The molecule has 0 aliphatic carbocycles. The van der Waals surface area contributed by atoms with Crippen LogP contribution < -0.4 is 0 Å². The van der Waals surface area contributed by atoms with Gasteiger partial charge in [0.1, 0.15) is 12.7 Å². The molecule has 1 aliphatic heterocycles. The molecule has 1 aliphatic rings. The van der Waals surface area contributed by atoms with E-state index in [1.807, 2.05) is 41.4 Å². The number of hydrogen-bond acceptors (Lipinski definition) is 5. The molecular formula is C20H22N6O. The summed E-state index contributed by atoms with van der Waals surface area (Å²) < 4.78 is 1.63. The number of para-hydroxylation sites is 1. The molecule has 7 heteroatoms. The molecule has 1 amide bonds. The van der Waals surface area contributed by atoms with Crippen LogP contribution in [0.1, 0.15) is 21.6 Å². The number of nitrogens with zero attached hydrogens (tertiary/aromatic N) is 6. The second kappa shape index (κ2) is 7.67. The Kier molecular flexibility index (Phi) is 4.93. The molecule has 27 heavy (non-hydrogen) atoms. The third-order valence-electron chi connectivity index (χ3n) is 4.95. The minimum atomic E-state index is 0.0368. The van der Waals surface area contributed by atoms with Gasteiger partial charge in [-0.25, -0.2) is 9.67 Å². The van der Waals surface area contributed by atoms with Crippen molar-refractivity contribution in [3.8, 4) is 5.69 Å². The van der Waals surface area contributed by atoms with E-state index in [4.69, 9.17) is 0 Å². The maximum atomic E-state index is 13.1. The first-order valence-corrected chi connectivity index (χ1v) is 9.08. The minimum absolute atomic E-state index is 0.0368. The highest BCUT2D eigenvalue weighted by Crippen LogP contribution is 2.17. The number of piperazine rings is 1. The summed E-state index contributed by atoms with van der Waals surface area (Å²) in [5, 5.41) is 4.16. The molecule has 138 valence electrons. The van der Waals surface area contributed by atoms with Crippen LogP contribution in [0, 0.1) is 6.92 Å². The van der Waals surface area contributed by atoms with Crippen molar-refractivity contribution in [1.29, 1.82) is 0 Å². The van der Waals surface area contributed by atoms with Gasteiger partial charge in [0.2, 0.25) is 0 Å². The number of aryl methyl sites for hydroxylation is 1. The fraction of sp³-hybridized carbons (Fsp3) is 0.300. The Morgan fingerprint density at radius 2 is 1.89 bits per heavy atom. The first-order chi connectivity index (χ1) is 13.2. The average molecular weight is 362 g/mol. The molecule has 0 bridgehead atoms. The Morgan fingerprint density at radius 1 is 1.07 bits per heavy atom. The Hall–Kier alpha value is -3.06. The third kappa shape index (κ3) is 3.73. The average Bonchev–Trinajstić information content (AvgIpc) is 3.24. The van der Waals surface area contributed by atoms with E-state index >= 15 is 0 Å². The predicted molar refractivity (Wildman–Crippen MR) is 102 cm³/mol. The molecule has 0 spiro atoms. The van der Waals surface area contributed by atoms with Gasteiger partial charge in [-0.1, -0.05) is 18.2 Å². The Labute approximate surface area is 158 Å². The van der Waals surface area contributed by atoms with E-state index in [0.29, 0.717) is 18.7 Å². The number of benzene rings is 1. The van der Waals surface area contributed by atoms with Gasteiger partial charge in [-0.15, -0.1) is 0 Å². The summed E-state index contributed by atoms with van der Waals surface area (Å²) in [6.45, 7) is 6.00. The van der Waals surface area contributed by atoms with Crippen LogP contribution in [0.2, 0.25) is 0 Å². The summed E-state index contributed by atoms with van der Waals surface area (Å²) in [7, 11) is 0. The normalized spacial score (nSPS) is 15.1. The number of carbonyl (C=O) groups excluding carboxylic acids is 1. The van der Waals surface area contributed by atoms with E-state index in [9.17, 15) is 4.79 Å². The van der Waals surface area contributed by atoms with Crippen molar-refractivity contribution in [2.45, 2.75) is 13.5 Å². The van der Waals surface area contributed by atoms with Gasteiger partial charge in [0.25, 0.3) is 5.91 Å². The van der Waals surface area contributed by atoms with E-state index in [2.05, 4.69) is 33.0 Å². The lowest BCUT2D eigenvalue weighted by Gasteiger charge is -2.35. The van der Waals surface area contributed by atoms with Gasteiger partial charge >= 0.3 is 0 Å². The SMILES string of the molecule is Cc1cccnc1CN1CCN(C(=O)c2ccccc2-n2cncn2)CC1. The van der Waals surface area contributed by atoms with Crippen LogP contribution >= 0.6 is 0 Å². The van der Waals surface area contributed by atoms with Crippen molar-refractivity contribution in [2.24, 2.45) is 0 Å². The van der Waals surface area contributed by atoms with Gasteiger partial charge in [-0.2, -0.15) is 5.10 Å². The summed E-state index contributed by atoms with van der Waals surface area (Å²) in [6, 6.07) is 11.6. The number of rotatable bonds is 4. The Bertz CT molecular complexity index is 916. The lowest BCUT2D eigenvalue weighted by atomic mass is 10.1. The van der Waals surface area contributed by atoms with Crippen molar-refractivity contribution >= 4 is 5.91 Å². The predicted octanol–water partition coefficient (Wildman–Crippen LogP) is 1.93. The van der Waals surface area contributed by atoms with Gasteiger partial charge in [0, 0.05) is 38.9 Å². The van der Waals surface area contributed by atoms with Gasteiger partial charge in [0.15, 0.2) is 0 Å². The second-order valence-electron chi connectivity index (χ2n) is 6.69. The zero-order chi connectivity index (χ0) is 18.6. The zero-order valence-electron chi connectivity index (χ0n) is 15.3. The summed E-state index contributed by atoms with van der Waals surface area (Å²) in [6.07, 6.45) is 4.92. The topological polar surface area (TPSA) is 67.2 Å². The molecule has 1 saturated heterocycles. The van der Waals surface area contributed by atoms with Gasteiger partial charge in [-0.05, 0) is 30.7 Å². The molecule has 1 fully saturated rings. The fourth-order valence-corrected chi connectivity index (χ4v) is 3.36. The molecule has 2 aromatic heterocycles. The quantitative estimate of drug-likeness (QED) is 0.709. The molecule has 7 nitrogen and oxygen atoms in total. The number of aromatic nitrogens is 4. The molecule has 0 N–H and O–H groups in total. The summed E-state index contributed by atoms with van der Waals surface area (Å²) in [5.41, 5.74) is 3.72. The maximum absolute atomic E-state index is 13.1. The number of amides is 1. The van der Waals surface area contributed by atoms with Crippen LogP contribution in [0.15, 0.2) is 55.2 Å². The standard InChI is InChI=1S/C20H22N6O/c1-16-5-4-8-22-18(16)13-24-9-11-25(12-10-24)20(27)17-6-2-3-7-19(17)26-15-21-14-23-26/h2-8,14-15H,9-13H2,1H3. The summed E-state index contributed by atoms with van der Waals surface area (Å²) >= 11 is 0. The van der Waals surface area contributed by atoms with Crippen molar-refractivity contribution < 1.29 is 4.79 Å². The van der Waals surface area contributed by atoms with Crippen LogP contribution in [0.4, 0.5) is 0 Å². The van der Waals surface area contributed by atoms with Crippen molar-refractivity contribution in [1.82, 2.24) is 29.5 Å². The maximum Gasteiger partial charge on any atom is 0.256 e. The summed E-state index contributed by atoms with van der Waals surface area (Å²) in [4.78, 5) is 25.8. The first-order valence-electron chi connectivity index (χ1n) is 9.08.